The Morgan fingerprint density at radius 1 is 0.967 bits per heavy atom. The van der Waals surface area contributed by atoms with Crippen molar-refractivity contribution < 1.29 is 4.79 Å². The molecule has 30 heavy (non-hydrogen) atoms. The molecule has 0 aliphatic rings. The number of rotatable bonds is 6. The highest BCUT2D eigenvalue weighted by Gasteiger charge is 2.21. The highest BCUT2D eigenvalue weighted by Crippen LogP contribution is 2.24. The summed E-state index contributed by atoms with van der Waals surface area (Å²) >= 11 is 0. The molecule has 2 aromatic carbocycles. The van der Waals surface area contributed by atoms with Crippen molar-refractivity contribution in [2.24, 2.45) is 0 Å². The van der Waals surface area contributed by atoms with Gasteiger partial charge in [-0.25, -0.2) is 0 Å². The van der Waals surface area contributed by atoms with Gasteiger partial charge in [-0.1, -0.05) is 66.2 Å². The van der Waals surface area contributed by atoms with E-state index >= 15 is 0 Å². The average Bonchev–Trinajstić information content (AvgIpc) is 3.18. The van der Waals surface area contributed by atoms with Crippen LogP contribution in [-0.2, 0) is 13.1 Å². The second kappa shape index (κ2) is 8.74. The van der Waals surface area contributed by atoms with Crippen LogP contribution < -0.4 is 0 Å². The minimum atomic E-state index is -0.0614. The highest BCUT2D eigenvalue weighted by atomic mass is 16.2. The standard InChI is InChI=1S/C25H24N4O/c1-19-10-12-22(13-11-19)24-23(18-29(27-24)17-20-7-4-3-5-8-20)25(30)28(2)16-21-9-6-14-26-15-21/h3-15,18H,16-17H2,1-2H3. The molecular weight excluding hydrogens is 372 g/mol. The largest absolute Gasteiger partial charge is 0.337 e. The van der Waals surface area contributed by atoms with Gasteiger partial charge in [0, 0.05) is 37.7 Å². The van der Waals surface area contributed by atoms with Crippen molar-refractivity contribution >= 4 is 5.91 Å². The van der Waals surface area contributed by atoms with E-state index in [9.17, 15) is 4.79 Å². The molecule has 0 unspecified atom stereocenters. The summed E-state index contributed by atoms with van der Waals surface area (Å²) in [6.45, 7) is 3.15. The minimum absolute atomic E-state index is 0.0614. The van der Waals surface area contributed by atoms with Crippen LogP contribution in [0.3, 0.4) is 0 Å². The summed E-state index contributed by atoms with van der Waals surface area (Å²) in [5.74, 6) is -0.0614. The quantitative estimate of drug-likeness (QED) is 0.480. The Bertz CT molecular complexity index is 1120. The van der Waals surface area contributed by atoms with Gasteiger partial charge in [0.1, 0.15) is 5.69 Å². The third-order valence-corrected chi connectivity index (χ3v) is 4.99. The van der Waals surface area contributed by atoms with E-state index in [1.165, 1.54) is 5.56 Å². The van der Waals surface area contributed by atoms with Gasteiger partial charge in [0.25, 0.3) is 5.91 Å². The molecule has 1 amide bonds. The number of aromatic nitrogens is 3. The van der Waals surface area contributed by atoms with Gasteiger partial charge < -0.3 is 4.90 Å². The topological polar surface area (TPSA) is 51.0 Å². The number of amides is 1. The molecule has 0 fully saturated rings. The second-order valence-electron chi connectivity index (χ2n) is 7.46. The average molecular weight is 396 g/mol. The first kappa shape index (κ1) is 19.6. The first-order valence-corrected chi connectivity index (χ1v) is 9.93. The number of hydrogen-bond donors (Lipinski definition) is 0. The lowest BCUT2D eigenvalue weighted by molar-refractivity contribution is 0.0785. The summed E-state index contributed by atoms with van der Waals surface area (Å²) in [7, 11) is 1.81. The third-order valence-electron chi connectivity index (χ3n) is 4.99. The molecule has 0 radical (unpaired) electrons. The van der Waals surface area contributed by atoms with Crippen LogP contribution in [0.5, 0.6) is 0 Å². The smallest absolute Gasteiger partial charge is 0.257 e. The lowest BCUT2D eigenvalue weighted by Gasteiger charge is -2.17. The van der Waals surface area contributed by atoms with Gasteiger partial charge in [-0.3, -0.25) is 14.5 Å². The van der Waals surface area contributed by atoms with Gasteiger partial charge in [0.05, 0.1) is 12.1 Å². The van der Waals surface area contributed by atoms with Crippen molar-refractivity contribution in [2.75, 3.05) is 7.05 Å². The lowest BCUT2D eigenvalue weighted by atomic mass is 10.1. The number of carbonyl (C=O) groups excluding carboxylic acids is 1. The number of nitrogens with zero attached hydrogens (tertiary/aromatic N) is 4. The van der Waals surface area contributed by atoms with Crippen LogP contribution in [0.25, 0.3) is 11.3 Å². The maximum Gasteiger partial charge on any atom is 0.257 e. The number of hydrogen-bond acceptors (Lipinski definition) is 3. The fourth-order valence-corrected chi connectivity index (χ4v) is 3.40. The van der Waals surface area contributed by atoms with Crippen LogP contribution in [0.1, 0.15) is 27.0 Å². The predicted molar refractivity (Wildman–Crippen MR) is 118 cm³/mol. The molecule has 0 N–H and O–H groups in total. The zero-order valence-corrected chi connectivity index (χ0v) is 17.2. The van der Waals surface area contributed by atoms with Crippen molar-refractivity contribution in [1.29, 1.82) is 0 Å². The number of pyridine rings is 1. The predicted octanol–water partition coefficient (Wildman–Crippen LogP) is 4.57. The van der Waals surface area contributed by atoms with E-state index in [0.717, 1.165) is 16.7 Å². The van der Waals surface area contributed by atoms with E-state index in [1.807, 2.05) is 79.4 Å². The van der Waals surface area contributed by atoms with Crippen LogP contribution in [-0.4, -0.2) is 32.6 Å². The van der Waals surface area contributed by atoms with E-state index in [1.54, 1.807) is 17.3 Å². The van der Waals surface area contributed by atoms with Crippen molar-refractivity contribution in [3.63, 3.8) is 0 Å². The molecule has 0 spiro atoms. The number of carbonyl (C=O) groups is 1. The Labute approximate surface area is 176 Å². The summed E-state index contributed by atoms with van der Waals surface area (Å²) in [6, 6.07) is 22.1. The van der Waals surface area contributed by atoms with Crippen molar-refractivity contribution in [3.05, 3.63) is 108 Å². The van der Waals surface area contributed by atoms with Gasteiger partial charge in [-0.2, -0.15) is 5.10 Å². The molecule has 0 aliphatic carbocycles. The van der Waals surface area contributed by atoms with Crippen LogP contribution in [0.4, 0.5) is 0 Å². The molecule has 2 aromatic heterocycles. The maximum absolute atomic E-state index is 13.3. The molecule has 2 heterocycles. The molecule has 4 aromatic rings. The zero-order chi connectivity index (χ0) is 20.9. The van der Waals surface area contributed by atoms with Crippen molar-refractivity contribution in [2.45, 2.75) is 20.0 Å². The molecule has 0 aliphatic heterocycles. The van der Waals surface area contributed by atoms with Gasteiger partial charge in [-0.05, 0) is 24.1 Å². The van der Waals surface area contributed by atoms with Gasteiger partial charge >= 0.3 is 0 Å². The Hall–Kier alpha value is -3.73. The van der Waals surface area contributed by atoms with E-state index in [2.05, 4.69) is 17.1 Å². The Kier molecular flexibility index (Phi) is 5.70. The van der Waals surface area contributed by atoms with E-state index in [0.29, 0.717) is 24.3 Å². The fourth-order valence-electron chi connectivity index (χ4n) is 3.40. The molecule has 0 bridgehead atoms. The molecule has 150 valence electrons. The van der Waals surface area contributed by atoms with Crippen molar-refractivity contribution in [1.82, 2.24) is 19.7 Å². The van der Waals surface area contributed by atoms with Crippen LogP contribution in [0, 0.1) is 6.92 Å². The van der Waals surface area contributed by atoms with Crippen LogP contribution in [0.2, 0.25) is 0 Å². The monoisotopic (exact) mass is 396 g/mol. The summed E-state index contributed by atoms with van der Waals surface area (Å²) in [6.07, 6.45) is 5.36. The van der Waals surface area contributed by atoms with Crippen LogP contribution in [0.15, 0.2) is 85.3 Å². The third kappa shape index (κ3) is 4.46. The van der Waals surface area contributed by atoms with Crippen LogP contribution >= 0.6 is 0 Å². The normalized spacial score (nSPS) is 10.7. The Morgan fingerprint density at radius 2 is 1.70 bits per heavy atom. The highest BCUT2D eigenvalue weighted by molar-refractivity contribution is 5.99. The van der Waals surface area contributed by atoms with E-state index in [4.69, 9.17) is 5.10 Å². The van der Waals surface area contributed by atoms with Gasteiger partial charge in [0.15, 0.2) is 0 Å². The molecule has 5 heteroatoms. The molecule has 5 nitrogen and oxygen atoms in total. The molecule has 4 rings (SSSR count). The molecule has 0 saturated heterocycles. The lowest BCUT2D eigenvalue weighted by Crippen LogP contribution is -2.26. The van der Waals surface area contributed by atoms with Crippen molar-refractivity contribution in [3.8, 4) is 11.3 Å². The molecule has 0 saturated carbocycles. The van der Waals surface area contributed by atoms with E-state index < -0.39 is 0 Å². The first-order chi connectivity index (χ1) is 14.6. The SMILES string of the molecule is Cc1ccc(-c2nn(Cc3ccccc3)cc2C(=O)N(C)Cc2cccnc2)cc1. The molecular formula is C25H24N4O. The molecule has 0 atom stereocenters. The second-order valence-corrected chi connectivity index (χ2v) is 7.46. The minimum Gasteiger partial charge on any atom is -0.337 e. The Balaban J connectivity index is 1.67. The fraction of sp³-hybridized carbons (Fsp3) is 0.160. The van der Waals surface area contributed by atoms with Gasteiger partial charge in [0.2, 0.25) is 0 Å². The maximum atomic E-state index is 13.3. The summed E-state index contributed by atoms with van der Waals surface area (Å²) in [4.78, 5) is 19.2. The summed E-state index contributed by atoms with van der Waals surface area (Å²) in [5.41, 5.74) is 5.53. The first-order valence-electron chi connectivity index (χ1n) is 9.93. The number of benzene rings is 2. The van der Waals surface area contributed by atoms with E-state index in [-0.39, 0.29) is 5.91 Å². The van der Waals surface area contributed by atoms with Gasteiger partial charge in [-0.15, -0.1) is 0 Å². The zero-order valence-electron chi connectivity index (χ0n) is 17.2. The number of aryl methyl sites for hydroxylation is 1. The summed E-state index contributed by atoms with van der Waals surface area (Å²) < 4.78 is 1.84. The Morgan fingerprint density at radius 3 is 2.40 bits per heavy atom. The summed E-state index contributed by atoms with van der Waals surface area (Å²) in [5, 5.41) is 4.77.